The minimum absolute atomic E-state index is 0.196. The van der Waals surface area contributed by atoms with Crippen LogP contribution in [0.25, 0.3) is 11.4 Å². The van der Waals surface area contributed by atoms with Crippen molar-refractivity contribution in [1.29, 1.82) is 0 Å². The molecule has 0 radical (unpaired) electrons. The molecule has 1 aliphatic rings. The third kappa shape index (κ3) is 3.65. The van der Waals surface area contributed by atoms with Crippen molar-refractivity contribution in [3.05, 3.63) is 41.6 Å². The van der Waals surface area contributed by atoms with Gasteiger partial charge < -0.3 is 9.80 Å². The van der Waals surface area contributed by atoms with Crippen LogP contribution in [0.3, 0.4) is 0 Å². The lowest BCUT2D eigenvalue weighted by Crippen LogP contribution is -2.37. The van der Waals surface area contributed by atoms with Crippen LogP contribution in [0.15, 0.2) is 30.3 Å². The third-order valence-electron chi connectivity index (χ3n) is 4.65. The molecule has 0 atom stereocenters. The minimum Gasteiger partial charge on any atom is -0.359 e. The summed E-state index contributed by atoms with van der Waals surface area (Å²) in [6, 6.07) is 10.1. The van der Waals surface area contributed by atoms with E-state index in [1.54, 1.807) is 0 Å². The topological polar surface area (TPSA) is 49.3 Å². The van der Waals surface area contributed by atoms with Crippen molar-refractivity contribution in [2.45, 2.75) is 39.7 Å². The first-order valence-electron chi connectivity index (χ1n) is 9.08. The van der Waals surface area contributed by atoms with E-state index in [1.165, 1.54) is 0 Å². The van der Waals surface area contributed by atoms with Gasteiger partial charge in [-0.2, -0.15) is 0 Å². The van der Waals surface area contributed by atoms with Gasteiger partial charge in [0.2, 0.25) is 5.91 Å². The highest BCUT2D eigenvalue weighted by Gasteiger charge is 2.26. The van der Waals surface area contributed by atoms with Crippen molar-refractivity contribution < 1.29 is 4.79 Å². The number of benzene rings is 1. The summed E-state index contributed by atoms with van der Waals surface area (Å²) in [5, 5.41) is 0. The van der Waals surface area contributed by atoms with E-state index < -0.39 is 0 Å². The van der Waals surface area contributed by atoms with E-state index in [4.69, 9.17) is 9.97 Å². The number of hydrogen-bond acceptors (Lipinski definition) is 4. The number of carbonyl (C=O) groups excluding carboxylic acids is 1. The number of amides is 1. The molecule has 0 aliphatic carbocycles. The van der Waals surface area contributed by atoms with Gasteiger partial charge in [0.05, 0.1) is 12.2 Å². The van der Waals surface area contributed by atoms with Crippen LogP contribution in [-0.2, 0) is 17.8 Å². The van der Waals surface area contributed by atoms with E-state index in [2.05, 4.69) is 18.9 Å². The first kappa shape index (κ1) is 17.4. The molecule has 3 rings (SSSR count). The fraction of sp³-hybridized carbons (Fsp3) is 0.450. The largest absolute Gasteiger partial charge is 0.359 e. The second-order valence-electron chi connectivity index (χ2n) is 6.50. The van der Waals surface area contributed by atoms with E-state index in [0.717, 1.165) is 54.4 Å². The van der Waals surface area contributed by atoms with Gasteiger partial charge >= 0.3 is 0 Å². The van der Waals surface area contributed by atoms with Crippen molar-refractivity contribution in [2.75, 3.05) is 25.0 Å². The van der Waals surface area contributed by atoms with Gasteiger partial charge in [0.1, 0.15) is 5.82 Å². The summed E-state index contributed by atoms with van der Waals surface area (Å²) in [6.07, 6.45) is 2.38. The normalized spacial score (nSPS) is 13.5. The summed E-state index contributed by atoms with van der Waals surface area (Å²) in [6.45, 7) is 6.36. The van der Waals surface area contributed by atoms with E-state index in [9.17, 15) is 4.79 Å². The second kappa shape index (κ2) is 7.64. The number of aromatic nitrogens is 2. The lowest BCUT2D eigenvalue weighted by atomic mass is 10.0. The van der Waals surface area contributed by atoms with Gasteiger partial charge in [-0.15, -0.1) is 0 Å². The average Bonchev–Trinajstić information content (AvgIpc) is 2.66. The van der Waals surface area contributed by atoms with E-state index in [1.807, 2.05) is 42.2 Å². The molecule has 132 valence electrons. The van der Waals surface area contributed by atoms with E-state index in [0.29, 0.717) is 13.0 Å². The SMILES string of the molecule is CCCN(C)c1nc(-c2ccccc2)nc2c1CN(C(=O)CC)CC2. The molecular weight excluding hydrogens is 312 g/mol. The van der Waals surface area contributed by atoms with Crippen LogP contribution >= 0.6 is 0 Å². The molecule has 5 heteroatoms. The minimum atomic E-state index is 0.196. The Morgan fingerprint density at radius 2 is 1.96 bits per heavy atom. The quantitative estimate of drug-likeness (QED) is 0.839. The van der Waals surface area contributed by atoms with Crippen LogP contribution in [0.1, 0.15) is 37.9 Å². The Bertz CT molecular complexity index is 745. The molecule has 5 nitrogen and oxygen atoms in total. The highest BCUT2D eigenvalue weighted by atomic mass is 16.2. The monoisotopic (exact) mass is 338 g/mol. The molecular formula is C20H26N4O. The molecule has 0 unspecified atom stereocenters. The van der Waals surface area contributed by atoms with Crippen LogP contribution < -0.4 is 4.90 Å². The van der Waals surface area contributed by atoms with Crippen molar-refractivity contribution in [3.63, 3.8) is 0 Å². The number of hydrogen-bond donors (Lipinski definition) is 0. The molecule has 1 aromatic carbocycles. The maximum Gasteiger partial charge on any atom is 0.222 e. The highest BCUT2D eigenvalue weighted by Crippen LogP contribution is 2.29. The fourth-order valence-corrected chi connectivity index (χ4v) is 3.31. The number of anilines is 1. The van der Waals surface area contributed by atoms with Crippen LogP contribution in [0.4, 0.5) is 5.82 Å². The van der Waals surface area contributed by atoms with Crippen LogP contribution in [0.2, 0.25) is 0 Å². The molecule has 1 amide bonds. The summed E-state index contributed by atoms with van der Waals surface area (Å²) in [4.78, 5) is 26.0. The fourth-order valence-electron chi connectivity index (χ4n) is 3.31. The summed E-state index contributed by atoms with van der Waals surface area (Å²) in [7, 11) is 2.07. The number of nitrogens with zero attached hydrogens (tertiary/aromatic N) is 4. The molecule has 1 aromatic heterocycles. The lowest BCUT2D eigenvalue weighted by Gasteiger charge is -2.31. The Morgan fingerprint density at radius 1 is 1.20 bits per heavy atom. The van der Waals surface area contributed by atoms with Crippen LogP contribution in [0.5, 0.6) is 0 Å². The molecule has 2 aromatic rings. The standard InChI is InChI=1S/C20H26N4O/c1-4-12-23(3)20-16-14-24(18(25)5-2)13-11-17(16)21-19(22-20)15-9-7-6-8-10-15/h6-10H,4-5,11-14H2,1-3H3. The predicted molar refractivity (Wildman–Crippen MR) is 100 cm³/mol. The van der Waals surface area contributed by atoms with Gasteiger partial charge in [0.15, 0.2) is 5.82 Å². The molecule has 0 N–H and O–H groups in total. The van der Waals surface area contributed by atoms with Gasteiger partial charge in [-0.3, -0.25) is 4.79 Å². The van der Waals surface area contributed by atoms with Crippen molar-refractivity contribution in [1.82, 2.24) is 14.9 Å². The molecule has 1 aliphatic heterocycles. The summed E-state index contributed by atoms with van der Waals surface area (Å²) >= 11 is 0. The second-order valence-corrected chi connectivity index (χ2v) is 6.50. The third-order valence-corrected chi connectivity index (χ3v) is 4.65. The number of rotatable bonds is 5. The Hall–Kier alpha value is -2.43. The van der Waals surface area contributed by atoms with Crippen LogP contribution in [0, 0.1) is 0 Å². The highest BCUT2D eigenvalue weighted by molar-refractivity contribution is 5.76. The van der Waals surface area contributed by atoms with Gasteiger partial charge in [0, 0.05) is 44.1 Å². The smallest absolute Gasteiger partial charge is 0.222 e. The van der Waals surface area contributed by atoms with Crippen molar-refractivity contribution in [2.24, 2.45) is 0 Å². The molecule has 0 spiro atoms. The van der Waals surface area contributed by atoms with Gasteiger partial charge in [-0.05, 0) is 6.42 Å². The maximum absolute atomic E-state index is 12.1. The average molecular weight is 338 g/mol. The zero-order valence-corrected chi connectivity index (χ0v) is 15.3. The van der Waals surface area contributed by atoms with E-state index >= 15 is 0 Å². The Morgan fingerprint density at radius 3 is 2.64 bits per heavy atom. The van der Waals surface area contributed by atoms with Crippen molar-refractivity contribution in [3.8, 4) is 11.4 Å². The van der Waals surface area contributed by atoms with Crippen molar-refractivity contribution >= 4 is 11.7 Å². The molecule has 0 saturated carbocycles. The zero-order valence-electron chi connectivity index (χ0n) is 15.3. The summed E-state index contributed by atoms with van der Waals surface area (Å²) in [5.41, 5.74) is 3.21. The predicted octanol–water partition coefficient (Wildman–Crippen LogP) is 3.28. The first-order valence-corrected chi connectivity index (χ1v) is 9.08. The van der Waals surface area contributed by atoms with E-state index in [-0.39, 0.29) is 5.91 Å². The molecule has 0 saturated heterocycles. The Labute approximate surface area is 149 Å². The number of carbonyl (C=O) groups is 1. The van der Waals surface area contributed by atoms with Gasteiger partial charge in [0.25, 0.3) is 0 Å². The number of fused-ring (bicyclic) bond motifs is 1. The molecule has 25 heavy (non-hydrogen) atoms. The molecule has 0 bridgehead atoms. The van der Waals surface area contributed by atoms with Gasteiger partial charge in [-0.25, -0.2) is 9.97 Å². The Balaban J connectivity index is 2.05. The lowest BCUT2D eigenvalue weighted by molar-refractivity contribution is -0.131. The van der Waals surface area contributed by atoms with Gasteiger partial charge in [-0.1, -0.05) is 44.2 Å². The summed E-state index contributed by atoms with van der Waals surface area (Å²) in [5.74, 6) is 1.92. The van der Waals surface area contributed by atoms with Crippen LogP contribution in [-0.4, -0.2) is 40.9 Å². The molecule has 2 heterocycles. The molecule has 0 fully saturated rings. The summed E-state index contributed by atoms with van der Waals surface area (Å²) < 4.78 is 0. The Kier molecular flexibility index (Phi) is 5.31. The maximum atomic E-state index is 12.1. The zero-order chi connectivity index (χ0) is 17.8. The first-order chi connectivity index (χ1) is 12.1.